The van der Waals surface area contributed by atoms with Crippen molar-refractivity contribution in [3.8, 4) is 46.0 Å². The van der Waals surface area contributed by atoms with Gasteiger partial charge in [-0.3, -0.25) is 0 Å². The maximum atomic E-state index is 12.3. The molecule has 8 nitrogen and oxygen atoms in total. The van der Waals surface area contributed by atoms with Crippen molar-refractivity contribution in [1.82, 2.24) is 0 Å². The van der Waals surface area contributed by atoms with Crippen LogP contribution in [0.2, 0.25) is 0 Å². The summed E-state index contributed by atoms with van der Waals surface area (Å²) in [5, 5.41) is 45.6. The first kappa shape index (κ1) is 46.7. The van der Waals surface area contributed by atoms with Gasteiger partial charge >= 0.3 is 6.18 Å². The Hall–Kier alpha value is -3.96. The molecule has 0 saturated carbocycles. The lowest BCUT2D eigenvalue weighted by molar-refractivity contribution is -0.139. The Bertz CT molecular complexity index is 2090. The van der Waals surface area contributed by atoms with Gasteiger partial charge in [-0.25, -0.2) is 0 Å². The Morgan fingerprint density at radius 2 is 1.22 bits per heavy atom. The highest BCUT2D eigenvalue weighted by Crippen LogP contribution is 2.40. The number of rotatable bonds is 3. The molecule has 8 rings (SSSR count). The molecule has 0 aromatic heterocycles. The van der Waals surface area contributed by atoms with Crippen LogP contribution in [0, 0.1) is 13.8 Å². The highest BCUT2D eigenvalue weighted by Gasteiger charge is 2.33. The first-order valence-corrected chi connectivity index (χ1v) is 23.1. The summed E-state index contributed by atoms with van der Waals surface area (Å²) in [5.74, 6) is 7.36. The van der Waals surface area contributed by atoms with Crippen LogP contribution in [0.3, 0.4) is 0 Å². The molecule has 0 aliphatic carbocycles. The van der Waals surface area contributed by atoms with Gasteiger partial charge in [0, 0.05) is 51.0 Å². The minimum atomic E-state index is -4.41. The van der Waals surface area contributed by atoms with Crippen LogP contribution in [0.4, 0.5) is 13.2 Å². The number of phenols is 5. The molecule has 16 heteroatoms. The lowest BCUT2D eigenvalue weighted by atomic mass is 10.1. The van der Waals surface area contributed by atoms with E-state index in [9.17, 15) is 23.4 Å². The van der Waals surface area contributed by atoms with Gasteiger partial charge in [-0.2, -0.15) is 24.9 Å². The van der Waals surface area contributed by atoms with Gasteiger partial charge in [0.05, 0.1) is 35.7 Å². The topological polar surface area (TPSA) is 129 Å². The number of benzene rings is 5. The van der Waals surface area contributed by atoms with E-state index in [2.05, 4.69) is 0 Å². The van der Waals surface area contributed by atoms with Crippen molar-refractivity contribution in [2.75, 3.05) is 44.3 Å². The minimum absolute atomic E-state index is 0.116. The molecule has 0 radical (unpaired) electrons. The third-order valence-corrected chi connectivity index (χ3v) is 13.1. The number of halogens is 3. The van der Waals surface area contributed by atoms with Crippen molar-refractivity contribution in [2.45, 2.75) is 51.1 Å². The molecule has 3 heterocycles. The van der Waals surface area contributed by atoms with Crippen molar-refractivity contribution in [3.05, 3.63) is 107 Å². The number of thioether (sulfide) groups is 5. The molecule has 0 unspecified atom stereocenters. The van der Waals surface area contributed by atoms with Crippen molar-refractivity contribution in [1.29, 1.82) is 0 Å². The molecule has 3 aliphatic rings. The third-order valence-electron chi connectivity index (χ3n) is 8.18. The molecule has 5 aromatic carbocycles. The fourth-order valence-corrected chi connectivity index (χ4v) is 9.70. The number of methoxy groups -OCH3 is 1. The Labute approximate surface area is 357 Å². The highest BCUT2D eigenvalue weighted by molar-refractivity contribution is 8.00. The van der Waals surface area contributed by atoms with E-state index in [0.717, 1.165) is 92.2 Å². The number of alkyl halides is 3. The monoisotopic (exact) mass is 894 g/mol. The standard InChI is InChI=1S/C9H10O2S.C9H12O2S.C8H7F3OS.C8H8O2S.C8H8OS/c1-6-4-7(10)5-8-9(6)12-3-2-11-8;1-6-4-7(10)5-8(11-2)9(6)12-3;1-13-7-3-2-5(12)4-6(7)8(9,10)11;9-6-1-2-8-7(5-6)10-3-4-11-8;9-8-2-1-6-4-10-5-7(6)3-8/h4-5,10H,2-3H2,1H3;4-5,10H,1-3H3;2-4,12H,1H3;1-2,5,9H,3-4H2;1-3,9H,4-5H2. The normalized spacial score (nSPS) is 13.3. The largest absolute Gasteiger partial charge is 0.508 e. The molecule has 0 bridgehead atoms. The van der Waals surface area contributed by atoms with Crippen LogP contribution in [0.25, 0.3) is 0 Å². The quantitative estimate of drug-likeness (QED) is 0.110. The summed E-state index contributed by atoms with van der Waals surface area (Å²) < 4.78 is 52.7. The number of phenolic OH excluding ortho intramolecular Hbond substituents is 5. The van der Waals surface area contributed by atoms with E-state index in [4.69, 9.17) is 29.5 Å². The van der Waals surface area contributed by atoms with E-state index in [1.54, 1.807) is 91.1 Å². The fourth-order valence-electron chi connectivity index (χ4n) is 5.56. The van der Waals surface area contributed by atoms with Crippen LogP contribution in [0.1, 0.15) is 27.8 Å². The molecule has 58 heavy (non-hydrogen) atoms. The van der Waals surface area contributed by atoms with Gasteiger partial charge in [-0.05, 0) is 103 Å². The maximum absolute atomic E-state index is 12.3. The van der Waals surface area contributed by atoms with Crippen molar-refractivity contribution >= 4 is 58.8 Å². The molecule has 0 amide bonds. The highest BCUT2D eigenvalue weighted by atomic mass is 32.2. The Morgan fingerprint density at radius 3 is 1.91 bits per heavy atom. The second kappa shape index (κ2) is 22.4. The van der Waals surface area contributed by atoms with Gasteiger partial charge in [0.15, 0.2) is 0 Å². The zero-order chi connectivity index (χ0) is 42.4. The van der Waals surface area contributed by atoms with Crippen LogP contribution < -0.4 is 14.2 Å². The summed E-state index contributed by atoms with van der Waals surface area (Å²) in [6, 6.07) is 20.8. The Balaban J connectivity index is 0.000000161. The molecule has 5 aromatic rings. The lowest BCUT2D eigenvalue weighted by Crippen LogP contribution is -2.07. The summed E-state index contributed by atoms with van der Waals surface area (Å²) in [7, 11) is 1.61. The Kier molecular flexibility index (Phi) is 18.1. The van der Waals surface area contributed by atoms with E-state index in [1.165, 1.54) is 28.2 Å². The smallest absolute Gasteiger partial charge is 0.417 e. The third kappa shape index (κ3) is 13.8. The number of fused-ring (bicyclic) bond motifs is 3. The second-order valence-electron chi connectivity index (χ2n) is 12.4. The second-order valence-corrected chi connectivity index (χ2v) is 17.3. The van der Waals surface area contributed by atoms with Crippen molar-refractivity contribution in [3.63, 3.8) is 0 Å². The predicted molar refractivity (Wildman–Crippen MR) is 233 cm³/mol. The maximum Gasteiger partial charge on any atom is 0.417 e. The molecular formula is C42H45F3O8S5. The zero-order valence-corrected chi connectivity index (χ0v) is 36.5. The molecule has 0 atom stereocenters. The average Bonchev–Trinajstić information content (AvgIpc) is 3.66. The van der Waals surface area contributed by atoms with Crippen LogP contribution >= 0.6 is 58.8 Å². The average molecular weight is 895 g/mol. The SMILES string of the molecule is COc1cc(O)cc(C)c1SC.CSc1ccc(O)cc1C(F)(F)F.Cc1cc(O)cc2c1SCCO2.Oc1ccc2c(c1)CSC2.Oc1ccc2c(c1)OCCS2. The summed E-state index contributed by atoms with van der Waals surface area (Å²) in [4.78, 5) is 3.48. The van der Waals surface area contributed by atoms with Gasteiger partial charge < -0.3 is 39.7 Å². The molecule has 5 N–H and O–H groups in total. The van der Waals surface area contributed by atoms with Crippen LogP contribution in [0.15, 0.2) is 98.4 Å². The van der Waals surface area contributed by atoms with Gasteiger partial charge in [-0.15, -0.1) is 47.0 Å². The number of aryl methyl sites for hydroxylation is 2. The molecule has 0 fully saturated rings. The first-order valence-electron chi connectivity index (χ1n) is 17.6. The Morgan fingerprint density at radius 1 is 0.638 bits per heavy atom. The zero-order valence-electron chi connectivity index (χ0n) is 32.4. The van der Waals surface area contributed by atoms with E-state index >= 15 is 0 Å². The lowest BCUT2D eigenvalue weighted by Gasteiger charge is -2.18. The van der Waals surface area contributed by atoms with Gasteiger partial charge in [0.2, 0.25) is 0 Å². The van der Waals surface area contributed by atoms with E-state index in [1.807, 2.05) is 50.1 Å². The van der Waals surface area contributed by atoms with Gasteiger partial charge in [0.25, 0.3) is 0 Å². The minimum Gasteiger partial charge on any atom is -0.508 e. The molecular weight excluding hydrogens is 850 g/mol. The number of ether oxygens (including phenoxy) is 3. The van der Waals surface area contributed by atoms with E-state index in [0.29, 0.717) is 5.75 Å². The van der Waals surface area contributed by atoms with E-state index < -0.39 is 11.7 Å². The predicted octanol–water partition coefficient (Wildman–Crippen LogP) is 11.8. The van der Waals surface area contributed by atoms with E-state index in [-0.39, 0.29) is 27.9 Å². The summed E-state index contributed by atoms with van der Waals surface area (Å²) in [6.07, 6.45) is -0.861. The number of aromatic hydroxyl groups is 5. The summed E-state index contributed by atoms with van der Waals surface area (Å²) >= 11 is 8.07. The number of hydrogen-bond acceptors (Lipinski definition) is 13. The molecule has 3 aliphatic heterocycles. The van der Waals surface area contributed by atoms with Crippen LogP contribution in [-0.2, 0) is 17.7 Å². The molecule has 312 valence electrons. The summed E-state index contributed by atoms with van der Waals surface area (Å²) in [5.41, 5.74) is 4.02. The molecule has 0 spiro atoms. The molecule has 0 saturated heterocycles. The van der Waals surface area contributed by atoms with Crippen molar-refractivity contribution in [2.24, 2.45) is 0 Å². The number of hydrogen-bond donors (Lipinski definition) is 5. The summed E-state index contributed by atoms with van der Waals surface area (Å²) in [6.45, 7) is 5.41. The van der Waals surface area contributed by atoms with Crippen LogP contribution in [-0.4, -0.2) is 69.9 Å². The van der Waals surface area contributed by atoms with Gasteiger partial charge in [0.1, 0.15) is 46.0 Å². The van der Waals surface area contributed by atoms with Crippen LogP contribution in [0.5, 0.6) is 46.0 Å². The van der Waals surface area contributed by atoms with Gasteiger partial charge in [-0.1, -0.05) is 6.07 Å². The first-order chi connectivity index (χ1) is 27.6. The van der Waals surface area contributed by atoms with Crippen molar-refractivity contribution < 1.29 is 52.9 Å². The fraction of sp³-hybridized carbons (Fsp3) is 0.286.